The van der Waals surface area contributed by atoms with Crippen molar-refractivity contribution in [2.24, 2.45) is 35.5 Å². The summed E-state index contributed by atoms with van der Waals surface area (Å²) >= 11 is 0. The molecule has 0 rings (SSSR count). The molecule has 0 aliphatic rings. The summed E-state index contributed by atoms with van der Waals surface area (Å²) in [4.78, 5) is 15.6. The zero-order valence-electron chi connectivity index (χ0n) is 58.6. The highest BCUT2D eigenvalue weighted by Gasteiger charge is 2.51. The van der Waals surface area contributed by atoms with Gasteiger partial charge >= 0.3 is 0 Å². The second kappa shape index (κ2) is 27.6. The topological polar surface area (TPSA) is 92.7 Å². The van der Waals surface area contributed by atoms with Crippen LogP contribution in [0.1, 0.15) is 199 Å². The third-order valence-electron chi connectivity index (χ3n) is 21.1. The third kappa shape index (κ3) is 21.8. The van der Waals surface area contributed by atoms with E-state index in [4.69, 9.17) is 26.6 Å². The number of rotatable bonds is 29. The van der Waals surface area contributed by atoms with E-state index in [1.54, 1.807) is 0 Å². The molecule has 0 unspecified atom stereocenters. The molecule has 0 spiro atoms. The Morgan fingerprint density at radius 1 is 0.416 bits per heavy atom. The summed E-state index contributed by atoms with van der Waals surface area (Å²) in [6.45, 7) is 87.9. The molecular formula is C63H136O8Si6. The molecule has 0 aromatic rings. The number of ketones is 1. The van der Waals surface area contributed by atoms with Gasteiger partial charge in [0.1, 0.15) is 6.10 Å². The van der Waals surface area contributed by atoms with E-state index in [1.165, 1.54) is 5.57 Å². The summed E-state index contributed by atoms with van der Waals surface area (Å²) in [7, 11) is -14.0. The van der Waals surface area contributed by atoms with E-state index in [0.717, 1.165) is 6.42 Å². The summed E-state index contributed by atoms with van der Waals surface area (Å²) < 4.78 is 44.8. The van der Waals surface area contributed by atoms with Crippen molar-refractivity contribution in [1.29, 1.82) is 0 Å². The summed E-state index contributed by atoms with van der Waals surface area (Å²) in [6.07, 6.45) is 1.01. The normalized spacial score (nSPS) is 19.9. The van der Waals surface area contributed by atoms with Crippen LogP contribution in [0.5, 0.6) is 0 Å². The molecule has 0 saturated heterocycles. The fourth-order valence-electron chi connectivity index (χ4n) is 8.75. The fourth-order valence-corrected chi connectivity index (χ4v) is 17.1. The number of aliphatic hydroxyl groups is 1. The van der Waals surface area contributed by atoms with Gasteiger partial charge in [0.2, 0.25) is 0 Å². The van der Waals surface area contributed by atoms with E-state index < -0.39 is 62.1 Å². The first-order valence-electron chi connectivity index (χ1n) is 30.5. The Kier molecular flexibility index (Phi) is 27.8. The second-order valence-electron chi connectivity index (χ2n) is 34.1. The van der Waals surface area contributed by atoms with Gasteiger partial charge in [0.15, 0.2) is 55.7 Å². The molecule has 0 aliphatic carbocycles. The lowest BCUT2D eigenvalue weighted by Gasteiger charge is -2.49. The maximum Gasteiger partial charge on any atom is 0.193 e. The zero-order valence-corrected chi connectivity index (χ0v) is 64.6. The van der Waals surface area contributed by atoms with Crippen LogP contribution in [-0.2, 0) is 31.4 Å². The lowest BCUT2D eigenvalue weighted by Crippen LogP contribution is -2.55. The van der Waals surface area contributed by atoms with Gasteiger partial charge in [0.25, 0.3) is 0 Å². The Morgan fingerprint density at radius 2 is 0.701 bits per heavy atom. The number of hydrogen-bond acceptors (Lipinski definition) is 8. The predicted octanol–water partition coefficient (Wildman–Crippen LogP) is 19.8. The Bertz CT molecular complexity index is 1840. The Morgan fingerprint density at radius 3 is 1.03 bits per heavy atom. The van der Waals surface area contributed by atoms with Crippen LogP contribution in [0.15, 0.2) is 11.6 Å². The van der Waals surface area contributed by atoms with Crippen molar-refractivity contribution in [3.05, 3.63) is 11.6 Å². The van der Waals surface area contributed by atoms with E-state index in [9.17, 15) is 5.11 Å². The highest BCUT2D eigenvalue weighted by Crippen LogP contribution is 2.48. The van der Waals surface area contributed by atoms with Crippen molar-refractivity contribution in [2.45, 2.75) is 345 Å². The molecule has 14 heteroatoms. The Hall–Kier alpha value is 0.431. The maximum atomic E-state index is 15.6. The molecule has 77 heavy (non-hydrogen) atoms. The first kappa shape index (κ1) is 77.4. The molecule has 0 bridgehead atoms. The zero-order chi connectivity index (χ0) is 61.9. The standard InChI is InChI=1S/C63H136O8Si6/c1-39-44(2)40-45(3)54(68-74(31,32)60(15,16)17)50(8)57(71-77(37,38)63(24,25)26)48(6)51(64)42-52(65)53(67-73(29,30)59(12,13)14)41-46(4)55(69-75(33,34)61(18,19)20)49(7)56(70-76(35,36)62(21,22)23)47(5)43-66-72(27,28)58(9,10)11/h39,45-51,53-57,64H,40-43H2,1-38H3/b44-39+/t45-,46-,47-,48+,49+,50+,51-,53-,54-,55-,56-,57-/m0/s1. The van der Waals surface area contributed by atoms with Gasteiger partial charge in [-0.15, -0.1) is 0 Å². The monoisotopic (exact) mass is 1190 g/mol. The van der Waals surface area contributed by atoms with Crippen LogP contribution in [0, 0.1) is 35.5 Å². The van der Waals surface area contributed by atoms with Crippen LogP contribution in [0.2, 0.25) is 109 Å². The Balaban J connectivity index is 8.11. The lowest BCUT2D eigenvalue weighted by molar-refractivity contribution is -0.131. The summed E-state index contributed by atoms with van der Waals surface area (Å²) in [5, 5.41) is 12.6. The summed E-state index contributed by atoms with van der Waals surface area (Å²) in [6, 6.07) is 0. The Labute approximate surface area is 487 Å². The number of carbonyl (C=O) groups is 1. The van der Waals surface area contributed by atoms with Crippen LogP contribution in [0.3, 0.4) is 0 Å². The largest absolute Gasteiger partial charge is 0.416 e. The average Bonchev–Trinajstić information content (AvgIpc) is 3.21. The van der Waals surface area contributed by atoms with Crippen molar-refractivity contribution >= 4 is 55.7 Å². The van der Waals surface area contributed by atoms with Gasteiger partial charge in [-0.05, 0) is 147 Å². The smallest absolute Gasteiger partial charge is 0.193 e. The number of hydrogen-bond donors (Lipinski definition) is 1. The third-order valence-corrected chi connectivity index (χ3v) is 48.0. The van der Waals surface area contributed by atoms with Crippen molar-refractivity contribution in [3.8, 4) is 0 Å². The first-order valence-corrected chi connectivity index (χ1v) is 48.0. The van der Waals surface area contributed by atoms with Gasteiger partial charge in [-0.2, -0.15) is 0 Å². The van der Waals surface area contributed by atoms with Gasteiger partial charge < -0.3 is 31.7 Å². The van der Waals surface area contributed by atoms with Crippen molar-refractivity contribution < 1.29 is 36.5 Å². The predicted molar refractivity (Wildman–Crippen MR) is 353 cm³/mol. The molecule has 12 atom stereocenters. The summed E-state index contributed by atoms with van der Waals surface area (Å²) in [5.74, 6) is -0.300. The van der Waals surface area contributed by atoms with Gasteiger partial charge in [-0.25, -0.2) is 0 Å². The molecule has 0 aliphatic heterocycles. The van der Waals surface area contributed by atoms with Crippen LogP contribution in [-0.4, -0.2) is 104 Å². The summed E-state index contributed by atoms with van der Waals surface area (Å²) in [5.41, 5.74) is 1.34. The average molecular weight is 1190 g/mol. The van der Waals surface area contributed by atoms with E-state index in [1.807, 2.05) is 0 Å². The number of aliphatic hydroxyl groups excluding tert-OH is 1. The van der Waals surface area contributed by atoms with E-state index in [2.05, 4.69) is 265 Å². The van der Waals surface area contributed by atoms with Crippen LogP contribution >= 0.6 is 0 Å². The van der Waals surface area contributed by atoms with Gasteiger partial charge in [0.05, 0.1) is 30.5 Å². The number of Topliss-reactive ketones (excluding diaryl/α,β-unsaturated/α-hetero) is 1. The van der Waals surface area contributed by atoms with Crippen LogP contribution < -0.4 is 0 Å². The lowest BCUT2D eigenvalue weighted by atomic mass is 9.79. The minimum absolute atomic E-state index is 0.00619. The molecule has 0 aromatic heterocycles. The first-order chi connectivity index (χ1) is 33.7. The molecule has 0 heterocycles. The van der Waals surface area contributed by atoms with Crippen molar-refractivity contribution in [3.63, 3.8) is 0 Å². The van der Waals surface area contributed by atoms with Gasteiger partial charge in [-0.3, -0.25) is 4.79 Å². The molecule has 460 valence electrons. The fraction of sp³-hybridized carbons (Fsp3) is 0.952. The van der Waals surface area contributed by atoms with Gasteiger partial charge in [-0.1, -0.05) is 178 Å². The highest BCUT2D eigenvalue weighted by molar-refractivity contribution is 6.76. The minimum Gasteiger partial charge on any atom is -0.416 e. The molecule has 0 amide bonds. The molecule has 0 aromatic carbocycles. The highest BCUT2D eigenvalue weighted by atomic mass is 28.4. The van der Waals surface area contributed by atoms with Crippen molar-refractivity contribution in [2.75, 3.05) is 6.61 Å². The maximum absolute atomic E-state index is 15.6. The molecule has 0 radical (unpaired) electrons. The number of allylic oxidation sites excluding steroid dienone is 2. The molecular weight excluding hydrogens is 1050 g/mol. The van der Waals surface area contributed by atoms with E-state index >= 15 is 4.79 Å². The second-order valence-corrected chi connectivity index (χ2v) is 62.7. The van der Waals surface area contributed by atoms with E-state index in [-0.39, 0.29) is 102 Å². The molecule has 1 N–H and O–H groups in total. The van der Waals surface area contributed by atoms with Crippen LogP contribution in [0.4, 0.5) is 0 Å². The minimum atomic E-state index is -2.53. The van der Waals surface area contributed by atoms with E-state index in [0.29, 0.717) is 13.0 Å². The van der Waals surface area contributed by atoms with Crippen molar-refractivity contribution in [1.82, 2.24) is 0 Å². The number of carbonyl (C=O) groups excluding carboxylic acids is 1. The molecule has 0 fully saturated rings. The van der Waals surface area contributed by atoms with Gasteiger partial charge in [0, 0.05) is 36.7 Å². The molecule has 8 nitrogen and oxygen atoms in total. The molecule has 0 saturated carbocycles. The quantitative estimate of drug-likeness (QED) is 0.0585. The van der Waals surface area contributed by atoms with Crippen LogP contribution in [0.25, 0.3) is 0 Å². The SMILES string of the molecule is C/C=C(\C)C[C@H](C)[C@H](O[Si](C)(C)C(C)(C)C)[C@@H](C)[C@@H](O[Si](C)(C)C(C)(C)C)[C@H](C)[C@@H](O)CC(=O)[C@H](C[C@H](C)[C@H](O[Si](C)(C)C(C)(C)C)[C@@H](C)[C@@H](O[Si](C)(C)C(C)(C)C)[C@@H](C)CO[Si](C)(C)C(C)(C)C)O[Si](C)(C)C(C)(C)C.